The zero-order valence-electron chi connectivity index (χ0n) is 13.2. The molecule has 0 bridgehead atoms. The fourth-order valence-corrected chi connectivity index (χ4v) is 2.63. The van der Waals surface area contributed by atoms with Gasteiger partial charge in [0.2, 0.25) is 0 Å². The summed E-state index contributed by atoms with van der Waals surface area (Å²) in [5, 5.41) is 11.6. The van der Waals surface area contributed by atoms with Gasteiger partial charge >= 0.3 is 0 Å². The molecule has 1 aromatic carbocycles. The fraction of sp³-hybridized carbons (Fsp3) is 0.444. The van der Waals surface area contributed by atoms with E-state index in [1.54, 1.807) is 7.11 Å². The predicted octanol–water partition coefficient (Wildman–Crippen LogP) is 3.76. The van der Waals surface area contributed by atoms with Crippen molar-refractivity contribution in [3.8, 4) is 11.9 Å². The first-order chi connectivity index (χ1) is 10.7. The molecule has 0 amide bonds. The third-order valence-corrected chi connectivity index (χ3v) is 4.04. The molecular weight excluding hydrogens is 274 g/mol. The van der Waals surface area contributed by atoms with Gasteiger partial charge in [0.05, 0.1) is 13.2 Å². The van der Waals surface area contributed by atoms with Crippen LogP contribution in [0.5, 0.6) is 5.75 Å². The lowest BCUT2D eigenvalue weighted by molar-refractivity contribution is 0.349. The van der Waals surface area contributed by atoms with Gasteiger partial charge in [-0.05, 0) is 55.4 Å². The van der Waals surface area contributed by atoms with Crippen molar-refractivity contribution in [2.45, 2.75) is 38.6 Å². The Bertz CT molecular complexity index is 561. The number of amidine groups is 1. The van der Waals surface area contributed by atoms with Crippen molar-refractivity contribution in [3.63, 3.8) is 0 Å². The van der Waals surface area contributed by atoms with E-state index in [4.69, 9.17) is 10.00 Å². The zero-order chi connectivity index (χ0) is 15.8. The second-order valence-corrected chi connectivity index (χ2v) is 5.77. The lowest BCUT2D eigenvalue weighted by Crippen LogP contribution is -2.22. The Balaban J connectivity index is 2.03. The molecule has 1 saturated carbocycles. The van der Waals surface area contributed by atoms with E-state index < -0.39 is 0 Å². The van der Waals surface area contributed by atoms with Crippen molar-refractivity contribution in [3.05, 3.63) is 35.9 Å². The van der Waals surface area contributed by atoms with Gasteiger partial charge in [0.15, 0.2) is 6.19 Å². The van der Waals surface area contributed by atoms with Gasteiger partial charge in [-0.2, -0.15) is 5.26 Å². The monoisotopic (exact) mass is 297 g/mol. The van der Waals surface area contributed by atoms with Gasteiger partial charge in [0, 0.05) is 0 Å². The Morgan fingerprint density at radius 1 is 1.27 bits per heavy atom. The van der Waals surface area contributed by atoms with Crippen LogP contribution in [0.1, 0.15) is 38.2 Å². The van der Waals surface area contributed by atoms with Crippen LogP contribution >= 0.6 is 0 Å². The van der Waals surface area contributed by atoms with E-state index >= 15 is 0 Å². The number of hydrogen-bond donors (Lipinski definition) is 1. The van der Waals surface area contributed by atoms with Gasteiger partial charge in [-0.15, -0.1) is 0 Å². The summed E-state index contributed by atoms with van der Waals surface area (Å²) in [6.45, 7) is 2.29. The third-order valence-electron chi connectivity index (χ3n) is 4.04. The van der Waals surface area contributed by atoms with E-state index in [1.165, 1.54) is 12.8 Å². The van der Waals surface area contributed by atoms with Crippen LogP contribution in [0.25, 0.3) is 6.08 Å². The van der Waals surface area contributed by atoms with Crippen LogP contribution in [0.15, 0.2) is 35.3 Å². The maximum absolute atomic E-state index is 8.88. The first-order valence-corrected chi connectivity index (χ1v) is 7.76. The average Bonchev–Trinajstić information content (AvgIpc) is 2.55. The van der Waals surface area contributed by atoms with E-state index in [9.17, 15) is 0 Å². The summed E-state index contributed by atoms with van der Waals surface area (Å²) < 4.78 is 5.14. The lowest BCUT2D eigenvalue weighted by Gasteiger charge is -2.23. The Kier molecular flexibility index (Phi) is 6.02. The zero-order valence-corrected chi connectivity index (χ0v) is 13.2. The van der Waals surface area contributed by atoms with Crippen LogP contribution in [-0.4, -0.2) is 19.0 Å². The molecule has 0 atom stereocenters. The SMILES string of the molecule is COc1ccc(C=CC(=NC2CCC(C)CC2)NC#N)cc1. The maximum Gasteiger partial charge on any atom is 0.182 e. The molecule has 1 aliphatic rings. The quantitative estimate of drug-likeness (QED) is 0.398. The van der Waals surface area contributed by atoms with Crippen LogP contribution in [0, 0.1) is 17.4 Å². The molecule has 0 heterocycles. The molecule has 1 aliphatic carbocycles. The average molecular weight is 297 g/mol. The fourth-order valence-electron chi connectivity index (χ4n) is 2.63. The number of rotatable bonds is 4. The van der Waals surface area contributed by atoms with Crippen molar-refractivity contribution in [2.24, 2.45) is 10.9 Å². The summed E-state index contributed by atoms with van der Waals surface area (Å²) in [7, 11) is 1.65. The number of benzene rings is 1. The number of aliphatic imine (C=N–C) groups is 1. The summed E-state index contributed by atoms with van der Waals surface area (Å²) in [6.07, 6.45) is 10.4. The minimum absolute atomic E-state index is 0.326. The van der Waals surface area contributed by atoms with Gasteiger partial charge in [0.1, 0.15) is 11.6 Å². The Morgan fingerprint density at radius 2 is 1.95 bits per heavy atom. The smallest absolute Gasteiger partial charge is 0.182 e. The van der Waals surface area contributed by atoms with Crippen LogP contribution in [0.4, 0.5) is 0 Å². The molecule has 2 rings (SSSR count). The summed E-state index contributed by atoms with van der Waals surface area (Å²) >= 11 is 0. The predicted molar refractivity (Wildman–Crippen MR) is 89.6 cm³/mol. The lowest BCUT2D eigenvalue weighted by atomic mass is 9.88. The first kappa shape index (κ1) is 16.1. The van der Waals surface area contributed by atoms with E-state index in [0.717, 1.165) is 30.1 Å². The molecule has 0 saturated heterocycles. The highest BCUT2D eigenvalue weighted by Gasteiger charge is 2.17. The second-order valence-electron chi connectivity index (χ2n) is 5.77. The number of methoxy groups -OCH3 is 1. The van der Waals surface area contributed by atoms with Crippen molar-refractivity contribution < 1.29 is 4.74 Å². The number of nitrogens with one attached hydrogen (secondary N) is 1. The van der Waals surface area contributed by atoms with Gasteiger partial charge in [-0.1, -0.05) is 25.1 Å². The molecule has 0 spiro atoms. The number of ether oxygens (including phenoxy) is 1. The molecule has 1 fully saturated rings. The third kappa shape index (κ3) is 4.92. The van der Waals surface area contributed by atoms with E-state index in [2.05, 4.69) is 17.2 Å². The molecule has 1 aromatic rings. The molecule has 0 radical (unpaired) electrons. The number of nitrogens with zero attached hydrogens (tertiary/aromatic N) is 2. The maximum atomic E-state index is 8.88. The molecule has 22 heavy (non-hydrogen) atoms. The van der Waals surface area contributed by atoms with Gasteiger partial charge in [-0.25, -0.2) is 0 Å². The van der Waals surface area contributed by atoms with Crippen LogP contribution in [0.2, 0.25) is 0 Å². The van der Waals surface area contributed by atoms with E-state index in [1.807, 2.05) is 42.6 Å². The molecule has 4 heteroatoms. The minimum Gasteiger partial charge on any atom is -0.497 e. The highest BCUT2D eigenvalue weighted by Crippen LogP contribution is 2.25. The highest BCUT2D eigenvalue weighted by molar-refractivity contribution is 5.97. The molecular formula is C18H23N3O. The normalized spacial score (nSPS) is 22.3. The van der Waals surface area contributed by atoms with Crippen molar-refractivity contribution in [1.82, 2.24) is 5.32 Å². The summed E-state index contributed by atoms with van der Waals surface area (Å²) in [6, 6.07) is 8.10. The van der Waals surface area contributed by atoms with Crippen LogP contribution in [-0.2, 0) is 0 Å². The molecule has 0 aromatic heterocycles. The summed E-state index contributed by atoms with van der Waals surface area (Å²) in [5.74, 6) is 2.27. The number of nitriles is 1. The van der Waals surface area contributed by atoms with E-state index in [-0.39, 0.29) is 0 Å². The standard InChI is InChI=1S/C18H23N3O/c1-14-3-8-16(9-4-14)21-18(20-13-19)12-7-15-5-10-17(22-2)11-6-15/h5-7,10-12,14,16H,3-4,8-9H2,1-2H3,(H,20,21). The second kappa shape index (κ2) is 8.23. The van der Waals surface area contributed by atoms with Crippen molar-refractivity contribution >= 4 is 11.9 Å². The summed E-state index contributed by atoms with van der Waals surface area (Å²) in [5.41, 5.74) is 1.05. The Morgan fingerprint density at radius 3 is 2.55 bits per heavy atom. The number of hydrogen-bond acceptors (Lipinski definition) is 3. The van der Waals surface area contributed by atoms with Crippen molar-refractivity contribution in [1.29, 1.82) is 5.26 Å². The molecule has 0 aliphatic heterocycles. The largest absolute Gasteiger partial charge is 0.497 e. The topological polar surface area (TPSA) is 57.4 Å². The van der Waals surface area contributed by atoms with Gasteiger partial charge in [-0.3, -0.25) is 10.3 Å². The summed E-state index contributed by atoms with van der Waals surface area (Å²) in [4.78, 5) is 4.68. The molecule has 116 valence electrons. The Hall–Kier alpha value is -2.28. The van der Waals surface area contributed by atoms with Crippen molar-refractivity contribution in [2.75, 3.05) is 7.11 Å². The van der Waals surface area contributed by atoms with Gasteiger partial charge < -0.3 is 4.74 Å². The molecule has 0 unspecified atom stereocenters. The van der Waals surface area contributed by atoms with Crippen LogP contribution < -0.4 is 10.1 Å². The molecule has 4 nitrogen and oxygen atoms in total. The minimum atomic E-state index is 0.326. The highest BCUT2D eigenvalue weighted by atomic mass is 16.5. The molecule has 1 N–H and O–H groups in total. The Labute approximate surface area is 132 Å². The first-order valence-electron chi connectivity index (χ1n) is 7.76. The van der Waals surface area contributed by atoms with Gasteiger partial charge in [0.25, 0.3) is 0 Å². The van der Waals surface area contributed by atoms with Crippen LogP contribution in [0.3, 0.4) is 0 Å². The van der Waals surface area contributed by atoms with E-state index in [0.29, 0.717) is 11.9 Å².